The van der Waals surface area contributed by atoms with E-state index in [1.807, 2.05) is 29.8 Å². The number of nitro groups is 1. The molecule has 0 radical (unpaired) electrons. The SMILES string of the molecule is Cc1ccsc1/C=C(\C#N)c1nc(-c2ccc([N+](=O)[O-])cc2)cs1. The van der Waals surface area contributed by atoms with Gasteiger partial charge >= 0.3 is 0 Å². The van der Waals surface area contributed by atoms with E-state index in [-0.39, 0.29) is 5.69 Å². The topological polar surface area (TPSA) is 79.8 Å². The number of hydrogen-bond acceptors (Lipinski definition) is 6. The fourth-order valence-corrected chi connectivity index (χ4v) is 3.74. The molecule has 0 saturated heterocycles. The van der Waals surface area contributed by atoms with Crippen molar-refractivity contribution in [2.45, 2.75) is 6.92 Å². The number of rotatable bonds is 4. The first-order valence-corrected chi connectivity index (χ1v) is 8.71. The molecule has 0 aliphatic rings. The Morgan fingerprint density at radius 3 is 2.62 bits per heavy atom. The predicted molar refractivity (Wildman–Crippen MR) is 96.7 cm³/mol. The smallest absolute Gasteiger partial charge is 0.258 e. The number of hydrogen-bond donors (Lipinski definition) is 0. The first-order chi connectivity index (χ1) is 11.6. The van der Waals surface area contributed by atoms with Gasteiger partial charge in [0.05, 0.1) is 16.2 Å². The van der Waals surface area contributed by atoms with Crippen molar-refractivity contribution in [3.8, 4) is 17.3 Å². The Kier molecular flexibility index (Phi) is 4.51. The number of nitro benzene ring substituents is 1. The van der Waals surface area contributed by atoms with Crippen molar-refractivity contribution in [1.82, 2.24) is 4.98 Å². The molecule has 0 spiro atoms. The molecule has 0 N–H and O–H groups in total. The van der Waals surface area contributed by atoms with E-state index in [0.29, 0.717) is 16.3 Å². The van der Waals surface area contributed by atoms with E-state index in [9.17, 15) is 15.4 Å². The van der Waals surface area contributed by atoms with Gasteiger partial charge in [-0.25, -0.2) is 4.98 Å². The molecule has 24 heavy (non-hydrogen) atoms. The van der Waals surface area contributed by atoms with Gasteiger partial charge in [0, 0.05) is 28.0 Å². The maximum Gasteiger partial charge on any atom is 0.269 e. The highest BCUT2D eigenvalue weighted by molar-refractivity contribution is 7.12. The van der Waals surface area contributed by atoms with Gasteiger partial charge in [0.1, 0.15) is 11.1 Å². The standard InChI is InChI=1S/C17H11N3O2S2/c1-11-6-7-23-16(11)8-13(9-18)17-19-15(10-24-17)12-2-4-14(5-3-12)20(21)22/h2-8,10H,1H3/b13-8+. The summed E-state index contributed by atoms with van der Waals surface area (Å²) in [6, 6.07) is 10.4. The molecule has 3 rings (SSSR count). The van der Waals surface area contributed by atoms with Gasteiger partial charge in [-0.05, 0) is 42.1 Å². The molecular formula is C17H11N3O2S2. The highest BCUT2D eigenvalue weighted by atomic mass is 32.1. The fraction of sp³-hybridized carbons (Fsp3) is 0.0588. The van der Waals surface area contributed by atoms with Gasteiger partial charge in [0.15, 0.2) is 0 Å². The first kappa shape index (κ1) is 16.1. The molecular weight excluding hydrogens is 342 g/mol. The van der Waals surface area contributed by atoms with E-state index in [4.69, 9.17) is 0 Å². The van der Waals surface area contributed by atoms with Gasteiger partial charge in [-0.3, -0.25) is 10.1 Å². The molecule has 0 atom stereocenters. The quantitative estimate of drug-likeness (QED) is 0.369. The van der Waals surface area contributed by atoms with Crippen LogP contribution >= 0.6 is 22.7 Å². The summed E-state index contributed by atoms with van der Waals surface area (Å²) in [5.74, 6) is 0. The molecule has 2 aromatic heterocycles. The van der Waals surface area contributed by atoms with E-state index in [1.165, 1.54) is 23.5 Å². The van der Waals surface area contributed by atoms with Crippen molar-refractivity contribution in [3.63, 3.8) is 0 Å². The molecule has 3 aromatic rings. The zero-order valence-corrected chi connectivity index (χ0v) is 14.2. The molecule has 0 saturated carbocycles. The van der Waals surface area contributed by atoms with Gasteiger partial charge in [-0.15, -0.1) is 22.7 Å². The average molecular weight is 353 g/mol. The van der Waals surface area contributed by atoms with Gasteiger partial charge in [-0.1, -0.05) is 0 Å². The Bertz CT molecular complexity index is 962. The second-order valence-electron chi connectivity index (χ2n) is 4.98. The fourth-order valence-electron chi connectivity index (χ4n) is 2.09. The molecule has 5 nitrogen and oxygen atoms in total. The van der Waals surface area contributed by atoms with Gasteiger partial charge in [0.2, 0.25) is 0 Å². The van der Waals surface area contributed by atoms with Crippen LogP contribution in [-0.2, 0) is 0 Å². The lowest BCUT2D eigenvalue weighted by atomic mass is 10.1. The molecule has 0 fully saturated rings. The van der Waals surface area contributed by atoms with Crippen LogP contribution in [0.15, 0.2) is 41.1 Å². The van der Waals surface area contributed by atoms with Crippen molar-refractivity contribution < 1.29 is 4.92 Å². The number of aromatic nitrogens is 1. The van der Waals surface area contributed by atoms with Crippen molar-refractivity contribution in [1.29, 1.82) is 5.26 Å². The summed E-state index contributed by atoms with van der Waals surface area (Å²) in [6.07, 6.45) is 1.85. The zero-order chi connectivity index (χ0) is 17.1. The predicted octanol–water partition coefficient (Wildman–Crippen LogP) is 5.15. The highest BCUT2D eigenvalue weighted by Gasteiger charge is 2.11. The average Bonchev–Trinajstić information content (AvgIpc) is 3.22. The molecule has 0 amide bonds. The normalized spacial score (nSPS) is 11.2. The third-order valence-corrected chi connectivity index (χ3v) is 5.25. The lowest BCUT2D eigenvalue weighted by molar-refractivity contribution is -0.384. The number of benzene rings is 1. The number of nitrogens with zero attached hydrogens (tertiary/aromatic N) is 3. The molecule has 2 heterocycles. The van der Waals surface area contributed by atoms with Crippen molar-refractivity contribution in [2.24, 2.45) is 0 Å². The van der Waals surface area contributed by atoms with Crippen LogP contribution < -0.4 is 0 Å². The van der Waals surface area contributed by atoms with Crippen molar-refractivity contribution in [3.05, 3.63) is 66.7 Å². The monoisotopic (exact) mass is 353 g/mol. The summed E-state index contributed by atoms with van der Waals surface area (Å²) in [5.41, 5.74) is 3.17. The Morgan fingerprint density at radius 1 is 1.29 bits per heavy atom. The van der Waals surface area contributed by atoms with Crippen LogP contribution in [0.5, 0.6) is 0 Å². The van der Waals surface area contributed by atoms with Gasteiger partial charge in [0.25, 0.3) is 5.69 Å². The minimum atomic E-state index is -0.434. The Morgan fingerprint density at radius 2 is 2.04 bits per heavy atom. The molecule has 0 unspecified atom stereocenters. The number of thiazole rings is 1. The van der Waals surface area contributed by atoms with Gasteiger partial charge < -0.3 is 0 Å². The lowest BCUT2D eigenvalue weighted by Crippen LogP contribution is -1.87. The van der Waals surface area contributed by atoms with Crippen LogP contribution in [0.4, 0.5) is 5.69 Å². The number of non-ortho nitro benzene ring substituents is 1. The maximum absolute atomic E-state index is 10.7. The number of aryl methyl sites for hydroxylation is 1. The number of thiophene rings is 1. The molecule has 0 aliphatic carbocycles. The zero-order valence-electron chi connectivity index (χ0n) is 12.6. The Hall–Kier alpha value is -2.82. The minimum absolute atomic E-state index is 0.0417. The summed E-state index contributed by atoms with van der Waals surface area (Å²) < 4.78 is 0. The van der Waals surface area contributed by atoms with Gasteiger partial charge in [-0.2, -0.15) is 5.26 Å². The van der Waals surface area contributed by atoms with Crippen LogP contribution in [-0.4, -0.2) is 9.91 Å². The molecule has 7 heteroatoms. The molecule has 0 bridgehead atoms. The van der Waals surface area contributed by atoms with Crippen molar-refractivity contribution in [2.75, 3.05) is 0 Å². The minimum Gasteiger partial charge on any atom is -0.258 e. The summed E-state index contributed by atoms with van der Waals surface area (Å²) in [7, 11) is 0. The summed E-state index contributed by atoms with van der Waals surface area (Å²) in [6.45, 7) is 2.00. The third-order valence-electron chi connectivity index (χ3n) is 3.41. The summed E-state index contributed by atoms with van der Waals surface area (Å²) in [5, 5.41) is 24.6. The van der Waals surface area contributed by atoms with E-state index in [1.54, 1.807) is 23.5 Å². The Balaban J connectivity index is 1.92. The summed E-state index contributed by atoms with van der Waals surface area (Å²) >= 11 is 2.97. The number of allylic oxidation sites excluding steroid dienone is 1. The summed E-state index contributed by atoms with van der Waals surface area (Å²) in [4.78, 5) is 15.8. The number of nitriles is 1. The van der Waals surface area contributed by atoms with Crippen LogP contribution in [0.1, 0.15) is 15.4 Å². The Labute approximate surface area is 146 Å². The van der Waals surface area contributed by atoms with Crippen molar-refractivity contribution >= 4 is 40.0 Å². The van der Waals surface area contributed by atoms with E-state index in [2.05, 4.69) is 11.1 Å². The second-order valence-corrected chi connectivity index (χ2v) is 6.79. The van der Waals surface area contributed by atoms with E-state index in [0.717, 1.165) is 16.0 Å². The molecule has 0 aliphatic heterocycles. The first-order valence-electron chi connectivity index (χ1n) is 6.95. The largest absolute Gasteiger partial charge is 0.269 e. The van der Waals surface area contributed by atoms with Crippen LogP contribution in [0.3, 0.4) is 0 Å². The molecule has 118 valence electrons. The van der Waals surface area contributed by atoms with E-state index >= 15 is 0 Å². The second kappa shape index (κ2) is 6.74. The van der Waals surface area contributed by atoms with E-state index < -0.39 is 4.92 Å². The van der Waals surface area contributed by atoms with Crippen LogP contribution in [0.2, 0.25) is 0 Å². The lowest BCUT2D eigenvalue weighted by Gasteiger charge is -1.97. The highest BCUT2D eigenvalue weighted by Crippen LogP contribution is 2.29. The molecule has 1 aromatic carbocycles. The van der Waals surface area contributed by atoms with Crippen LogP contribution in [0, 0.1) is 28.4 Å². The third kappa shape index (κ3) is 3.25. The maximum atomic E-state index is 10.7. The van der Waals surface area contributed by atoms with Crippen LogP contribution in [0.25, 0.3) is 22.9 Å².